The lowest BCUT2D eigenvalue weighted by molar-refractivity contribution is 0.0696. The summed E-state index contributed by atoms with van der Waals surface area (Å²) in [5, 5.41) is 12.6. The Kier molecular flexibility index (Phi) is 3.18. The van der Waals surface area contributed by atoms with E-state index in [-0.39, 0.29) is 5.54 Å². The Morgan fingerprint density at radius 3 is 2.70 bits per heavy atom. The number of thioether (sulfide) groups is 1. The van der Waals surface area contributed by atoms with Gasteiger partial charge in [0.2, 0.25) is 0 Å². The molecule has 0 aliphatic carbocycles. The van der Waals surface area contributed by atoms with Crippen molar-refractivity contribution in [2.75, 3.05) is 11.1 Å². The van der Waals surface area contributed by atoms with Crippen LogP contribution < -0.4 is 5.32 Å². The van der Waals surface area contributed by atoms with Gasteiger partial charge in [0.25, 0.3) is 0 Å². The molecule has 1 aliphatic rings. The zero-order valence-electron chi connectivity index (χ0n) is 11.1. The predicted molar refractivity (Wildman–Crippen MR) is 81.5 cm³/mol. The van der Waals surface area contributed by atoms with E-state index in [0.29, 0.717) is 5.56 Å². The van der Waals surface area contributed by atoms with E-state index in [1.165, 1.54) is 5.56 Å². The molecule has 4 heteroatoms. The maximum absolute atomic E-state index is 11.0. The number of aromatic carboxylic acids is 1. The van der Waals surface area contributed by atoms with E-state index in [2.05, 4.69) is 24.4 Å². The maximum Gasteiger partial charge on any atom is 0.335 e. The van der Waals surface area contributed by atoms with E-state index in [4.69, 9.17) is 5.11 Å². The van der Waals surface area contributed by atoms with E-state index in [9.17, 15) is 4.79 Å². The topological polar surface area (TPSA) is 49.3 Å². The third-order valence-corrected chi connectivity index (χ3v) is 4.94. The summed E-state index contributed by atoms with van der Waals surface area (Å²) in [5.74, 6) is -0.0163. The molecule has 2 aromatic rings. The third kappa shape index (κ3) is 2.27. The van der Waals surface area contributed by atoms with Gasteiger partial charge in [0.05, 0.1) is 11.1 Å². The van der Waals surface area contributed by atoms with Gasteiger partial charge < -0.3 is 10.4 Å². The van der Waals surface area contributed by atoms with Crippen LogP contribution in [-0.4, -0.2) is 16.8 Å². The van der Waals surface area contributed by atoms with E-state index in [1.807, 2.05) is 24.3 Å². The summed E-state index contributed by atoms with van der Waals surface area (Å²) in [4.78, 5) is 12.0. The predicted octanol–water partition coefficient (Wildman–Crippen LogP) is 3.82. The van der Waals surface area contributed by atoms with Crippen molar-refractivity contribution >= 4 is 23.4 Å². The minimum atomic E-state index is -0.884. The van der Waals surface area contributed by atoms with Crippen LogP contribution in [0, 0.1) is 0 Å². The van der Waals surface area contributed by atoms with Gasteiger partial charge in [0.1, 0.15) is 0 Å². The minimum absolute atomic E-state index is 0.135. The van der Waals surface area contributed by atoms with Gasteiger partial charge in [-0.1, -0.05) is 30.3 Å². The smallest absolute Gasteiger partial charge is 0.335 e. The van der Waals surface area contributed by atoms with Crippen molar-refractivity contribution < 1.29 is 9.90 Å². The molecule has 0 spiro atoms. The molecule has 0 unspecified atom stereocenters. The maximum atomic E-state index is 11.0. The first-order valence-corrected chi connectivity index (χ1v) is 7.41. The van der Waals surface area contributed by atoms with Crippen molar-refractivity contribution in [2.45, 2.75) is 17.4 Å². The first-order valence-electron chi connectivity index (χ1n) is 6.42. The second kappa shape index (κ2) is 4.87. The number of fused-ring (bicyclic) bond motifs is 1. The number of nitrogens with one attached hydrogen (secondary N) is 1. The molecule has 0 bridgehead atoms. The average Bonchev–Trinajstić information content (AvgIpc) is 2.47. The summed E-state index contributed by atoms with van der Waals surface area (Å²) in [6.45, 7) is 2.17. The average molecular weight is 285 g/mol. The second-order valence-electron chi connectivity index (χ2n) is 5.13. The van der Waals surface area contributed by atoms with Crippen LogP contribution in [0.2, 0.25) is 0 Å². The highest BCUT2D eigenvalue weighted by atomic mass is 32.2. The van der Waals surface area contributed by atoms with Gasteiger partial charge >= 0.3 is 5.97 Å². The summed E-state index contributed by atoms with van der Waals surface area (Å²) >= 11 is 1.70. The standard InChI is InChI=1S/C16H15NO2S/c1-16(12-5-3-2-4-6-12)10-20-14-9-11(15(18)19)7-8-13(14)17-16/h2-9,17H,10H2,1H3,(H,18,19)/t16-/m1/s1. The van der Waals surface area contributed by atoms with Crippen LogP contribution >= 0.6 is 11.8 Å². The number of anilines is 1. The summed E-state index contributed by atoms with van der Waals surface area (Å²) in [5.41, 5.74) is 2.43. The molecular weight excluding hydrogens is 270 g/mol. The fourth-order valence-corrected chi connectivity index (χ4v) is 3.56. The van der Waals surface area contributed by atoms with Crippen LogP contribution in [0.4, 0.5) is 5.69 Å². The molecule has 1 aliphatic heterocycles. The van der Waals surface area contributed by atoms with Crippen molar-refractivity contribution in [1.82, 2.24) is 0 Å². The van der Waals surface area contributed by atoms with Crippen molar-refractivity contribution in [3.8, 4) is 0 Å². The Morgan fingerprint density at radius 1 is 1.25 bits per heavy atom. The number of carboxylic acids is 1. The minimum Gasteiger partial charge on any atom is -0.478 e. The first-order chi connectivity index (χ1) is 9.58. The molecule has 0 fully saturated rings. The highest BCUT2D eigenvalue weighted by molar-refractivity contribution is 7.99. The van der Waals surface area contributed by atoms with Crippen molar-refractivity contribution in [3.63, 3.8) is 0 Å². The molecule has 0 saturated heterocycles. The number of carbonyl (C=O) groups is 1. The largest absolute Gasteiger partial charge is 0.478 e. The summed E-state index contributed by atoms with van der Waals surface area (Å²) in [7, 11) is 0. The SMILES string of the molecule is C[C@]1(c2ccccc2)CSc2cc(C(=O)O)ccc2N1. The first kappa shape index (κ1) is 13.1. The molecule has 1 heterocycles. The number of benzene rings is 2. The molecule has 3 rings (SSSR count). The third-order valence-electron chi connectivity index (χ3n) is 3.57. The van der Waals surface area contributed by atoms with Crippen molar-refractivity contribution in [3.05, 3.63) is 59.7 Å². The van der Waals surface area contributed by atoms with E-state index in [1.54, 1.807) is 23.9 Å². The molecule has 2 N–H and O–H groups in total. The summed E-state index contributed by atoms with van der Waals surface area (Å²) < 4.78 is 0. The number of rotatable bonds is 2. The Labute approximate surface area is 122 Å². The normalized spacial score (nSPS) is 20.9. The molecule has 0 amide bonds. The highest BCUT2D eigenvalue weighted by Gasteiger charge is 2.31. The summed E-state index contributed by atoms with van der Waals surface area (Å²) in [6, 6.07) is 15.5. The Balaban J connectivity index is 1.95. The van der Waals surface area contributed by atoms with Crippen molar-refractivity contribution in [1.29, 1.82) is 0 Å². The molecule has 2 aromatic carbocycles. The Morgan fingerprint density at radius 2 is 2.00 bits per heavy atom. The number of carboxylic acid groups (broad SMARTS) is 1. The Hall–Kier alpha value is -1.94. The zero-order chi connectivity index (χ0) is 14.2. The lowest BCUT2D eigenvalue weighted by atomic mass is 9.93. The molecule has 0 aromatic heterocycles. The molecule has 0 saturated carbocycles. The summed E-state index contributed by atoms with van der Waals surface area (Å²) in [6.07, 6.45) is 0. The van der Waals surface area contributed by atoms with Crippen LogP contribution in [-0.2, 0) is 5.54 Å². The van der Waals surface area contributed by atoms with Crippen LogP contribution in [0.1, 0.15) is 22.8 Å². The van der Waals surface area contributed by atoms with Gasteiger partial charge in [-0.05, 0) is 30.7 Å². The number of hydrogen-bond donors (Lipinski definition) is 2. The monoisotopic (exact) mass is 285 g/mol. The lowest BCUT2D eigenvalue weighted by Gasteiger charge is -2.37. The van der Waals surface area contributed by atoms with Gasteiger partial charge in [-0.3, -0.25) is 0 Å². The molecule has 20 heavy (non-hydrogen) atoms. The zero-order valence-corrected chi connectivity index (χ0v) is 11.9. The van der Waals surface area contributed by atoms with Crippen LogP contribution in [0.3, 0.4) is 0 Å². The van der Waals surface area contributed by atoms with Gasteiger partial charge in [-0.25, -0.2) is 4.79 Å². The van der Waals surface area contributed by atoms with Gasteiger partial charge in [-0.15, -0.1) is 11.8 Å². The Bertz CT molecular complexity index is 657. The lowest BCUT2D eigenvalue weighted by Crippen LogP contribution is -2.37. The quantitative estimate of drug-likeness (QED) is 0.880. The van der Waals surface area contributed by atoms with Gasteiger partial charge in [0.15, 0.2) is 0 Å². The molecule has 1 atom stereocenters. The molecular formula is C16H15NO2S. The van der Waals surface area contributed by atoms with E-state index < -0.39 is 5.97 Å². The number of hydrogen-bond acceptors (Lipinski definition) is 3. The van der Waals surface area contributed by atoms with Crippen LogP contribution in [0.25, 0.3) is 0 Å². The van der Waals surface area contributed by atoms with E-state index in [0.717, 1.165) is 16.3 Å². The second-order valence-corrected chi connectivity index (χ2v) is 6.15. The molecule has 0 radical (unpaired) electrons. The van der Waals surface area contributed by atoms with Crippen LogP contribution in [0.5, 0.6) is 0 Å². The molecule has 102 valence electrons. The fraction of sp³-hybridized carbons (Fsp3) is 0.188. The molecule has 3 nitrogen and oxygen atoms in total. The van der Waals surface area contributed by atoms with Gasteiger partial charge in [-0.2, -0.15) is 0 Å². The fourth-order valence-electron chi connectivity index (χ4n) is 2.39. The van der Waals surface area contributed by atoms with Gasteiger partial charge in [0, 0.05) is 16.3 Å². The highest BCUT2D eigenvalue weighted by Crippen LogP contribution is 2.42. The van der Waals surface area contributed by atoms with Crippen LogP contribution in [0.15, 0.2) is 53.4 Å². The van der Waals surface area contributed by atoms with E-state index >= 15 is 0 Å². The van der Waals surface area contributed by atoms with Crippen molar-refractivity contribution in [2.24, 2.45) is 0 Å².